The summed E-state index contributed by atoms with van der Waals surface area (Å²) in [5, 5.41) is 5.24. The van der Waals surface area contributed by atoms with Crippen molar-refractivity contribution in [1.29, 1.82) is 0 Å². The fraction of sp³-hybridized carbons (Fsp3) is 0.350. The highest BCUT2D eigenvalue weighted by Gasteiger charge is 2.24. The van der Waals surface area contributed by atoms with E-state index in [0.717, 1.165) is 18.7 Å². The van der Waals surface area contributed by atoms with Gasteiger partial charge in [-0.15, -0.1) is 0 Å². The van der Waals surface area contributed by atoms with E-state index in [2.05, 4.69) is 20.5 Å². The Kier molecular flexibility index (Phi) is 7.05. The Labute approximate surface area is 162 Å². The Morgan fingerprint density at radius 3 is 2.50 bits per heavy atom. The van der Waals surface area contributed by atoms with Crippen LogP contribution < -0.4 is 10.6 Å². The van der Waals surface area contributed by atoms with Crippen LogP contribution in [0.25, 0.3) is 0 Å². The number of ether oxygens (including phenoxy) is 1. The van der Waals surface area contributed by atoms with Crippen LogP contribution in [0.2, 0.25) is 0 Å². The Bertz CT molecular complexity index is 780. The first-order valence-electron chi connectivity index (χ1n) is 9.15. The molecule has 1 aliphatic rings. The van der Waals surface area contributed by atoms with Crippen LogP contribution in [-0.2, 0) is 20.9 Å². The van der Waals surface area contributed by atoms with Gasteiger partial charge >= 0.3 is 11.8 Å². The molecule has 2 heterocycles. The first-order chi connectivity index (χ1) is 13.6. The molecule has 0 aliphatic carbocycles. The predicted octanol–water partition coefficient (Wildman–Crippen LogP) is 1.03. The number of morpholine rings is 1. The van der Waals surface area contributed by atoms with Crippen molar-refractivity contribution in [2.45, 2.75) is 12.6 Å². The van der Waals surface area contributed by atoms with Gasteiger partial charge in [0.25, 0.3) is 0 Å². The molecule has 0 bridgehead atoms. The average Bonchev–Trinajstić information content (AvgIpc) is 2.74. The van der Waals surface area contributed by atoms with Crippen molar-refractivity contribution in [2.75, 3.05) is 32.8 Å². The molecule has 7 nitrogen and oxygen atoms in total. The first-order valence-corrected chi connectivity index (χ1v) is 9.15. The fourth-order valence-corrected chi connectivity index (χ4v) is 3.05. The molecule has 2 aromatic rings. The van der Waals surface area contributed by atoms with Crippen molar-refractivity contribution in [1.82, 2.24) is 20.5 Å². The van der Waals surface area contributed by atoms with Crippen LogP contribution in [0.4, 0.5) is 4.39 Å². The van der Waals surface area contributed by atoms with Crippen LogP contribution >= 0.6 is 0 Å². The zero-order chi connectivity index (χ0) is 19.8. The van der Waals surface area contributed by atoms with Gasteiger partial charge in [-0.3, -0.25) is 19.5 Å². The molecule has 28 heavy (non-hydrogen) atoms. The van der Waals surface area contributed by atoms with Gasteiger partial charge in [0.1, 0.15) is 5.82 Å². The number of carbonyl (C=O) groups is 2. The number of rotatable bonds is 6. The lowest BCUT2D eigenvalue weighted by Crippen LogP contribution is -2.46. The summed E-state index contributed by atoms with van der Waals surface area (Å²) in [4.78, 5) is 30.6. The minimum absolute atomic E-state index is 0.0913. The van der Waals surface area contributed by atoms with E-state index >= 15 is 0 Å². The quantitative estimate of drug-likeness (QED) is 0.725. The molecular formula is C20H23FN4O3. The smallest absolute Gasteiger partial charge is 0.309 e. The second kappa shape index (κ2) is 9.91. The number of pyridine rings is 1. The summed E-state index contributed by atoms with van der Waals surface area (Å²) in [5.74, 6) is -1.78. The summed E-state index contributed by atoms with van der Waals surface area (Å²) in [7, 11) is 0. The number of halogens is 1. The molecule has 0 unspecified atom stereocenters. The number of nitrogens with one attached hydrogen (secondary N) is 2. The van der Waals surface area contributed by atoms with Crippen LogP contribution in [0.15, 0.2) is 48.8 Å². The van der Waals surface area contributed by atoms with E-state index in [9.17, 15) is 14.0 Å². The van der Waals surface area contributed by atoms with Crippen LogP contribution in [0.1, 0.15) is 17.2 Å². The second-order valence-corrected chi connectivity index (χ2v) is 6.47. The van der Waals surface area contributed by atoms with E-state index in [-0.39, 0.29) is 24.9 Å². The molecule has 0 saturated carbocycles. The molecule has 1 aromatic carbocycles. The van der Waals surface area contributed by atoms with E-state index in [1.807, 2.05) is 12.1 Å². The SMILES string of the molecule is O=C(NCc1ccc(F)cc1)C(=O)NC[C@H](c1cccnc1)N1CCOCC1. The van der Waals surface area contributed by atoms with Crippen LogP contribution in [0.5, 0.6) is 0 Å². The average molecular weight is 386 g/mol. The summed E-state index contributed by atoms with van der Waals surface area (Å²) in [5.41, 5.74) is 1.68. The molecule has 1 fully saturated rings. The van der Waals surface area contributed by atoms with Crippen molar-refractivity contribution in [2.24, 2.45) is 0 Å². The maximum Gasteiger partial charge on any atom is 0.309 e. The van der Waals surface area contributed by atoms with E-state index in [4.69, 9.17) is 4.74 Å². The van der Waals surface area contributed by atoms with Gasteiger partial charge in [0, 0.05) is 38.6 Å². The molecule has 148 valence electrons. The molecule has 8 heteroatoms. The van der Waals surface area contributed by atoms with Gasteiger partial charge < -0.3 is 15.4 Å². The van der Waals surface area contributed by atoms with Gasteiger partial charge in [-0.25, -0.2) is 4.39 Å². The fourth-order valence-electron chi connectivity index (χ4n) is 3.05. The monoisotopic (exact) mass is 386 g/mol. The maximum absolute atomic E-state index is 12.9. The topological polar surface area (TPSA) is 83.6 Å². The number of amides is 2. The van der Waals surface area contributed by atoms with Crippen LogP contribution in [-0.4, -0.2) is 54.5 Å². The lowest BCUT2D eigenvalue weighted by atomic mass is 10.1. The maximum atomic E-state index is 12.9. The van der Waals surface area contributed by atoms with Crippen molar-refractivity contribution >= 4 is 11.8 Å². The number of hydrogen-bond acceptors (Lipinski definition) is 5. The van der Waals surface area contributed by atoms with Crippen LogP contribution in [0, 0.1) is 5.82 Å². The third kappa shape index (κ3) is 5.58. The summed E-state index contributed by atoms with van der Waals surface area (Å²) in [6.07, 6.45) is 3.46. The van der Waals surface area contributed by atoms with Crippen molar-refractivity contribution in [3.63, 3.8) is 0 Å². The van der Waals surface area contributed by atoms with Crippen molar-refractivity contribution in [3.8, 4) is 0 Å². The molecule has 0 spiro atoms. The van der Waals surface area contributed by atoms with E-state index < -0.39 is 11.8 Å². The minimum atomic E-state index is -0.726. The summed E-state index contributed by atoms with van der Waals surface area (Å²) in [6.45, 7) is 3.18. The lowest BCUT2D eigenvalue weighted by molar-refractivity contribution is -0.139. The molecule has 1 aliphatic heterocycles. The summed E-state index contributed by atoms with van der Waals surface area (Å²) < 4.78 is 18.3. The molecule has 2 N–H and O–H groups in total. The Morgan fingerprint density at radius 2 is 1.82 bits per heavy atom. The highest BCUT2D eigenvalue weighted by molar-refractivity contribution is 6.35. The summed E-state index contributed by atoms with van der Waals surface area (Å²) in [6, 6.07) is 9.44. The third-order valence-electron chi connectivity index (χ3n) is 4.58. The zero-order valence-electron chi connectivity index (χ0n) is 15.4. The zero-order valence-corrected chi connectivity index (χ0v) is 15.4. The molecule has 1 aromatic heterocycles. The van der Waals surface area contributed by atoms with E-state index in [1.54, 1.807) is 24.5 Å². The molecule has 3 rings (SSSR count). The number of nitrogens with zero attached hydrogens (tertiary/aromatic N) is 2. The van der Waals surface area contributed by atoms with Gasteiger partial charge in [0.2, 0.25) is 0 Å². The molecule has 0 radical (unpaired) electrons. The normalized spacial score (nSPS) is 15.6. The van der Waals surface area contributed by atoms with E-state index in [1.165, 1.54) is 12.1 Å². The van der Waals surface area contributed by atoms with Gasteiger partial charge in [0.05, 0.1) is 19.3 Å². The number of aromatic nitrogens is 1. The number of benzene rings is 1. The van der Waals surface area contributed by atoms with Crippen molar-refractivity contribution in [3.05, 3.63) is 65.7 Å². The molecule has 2 amide bonds. The number of carbonyl (C=O) groups excluding carboxylic acids is 2. The molecule has 1 atom stereocenters. The van der Waals surface area contributed by atoms with Gasteiger partial charge in [-0.05, 0) is 29.3 Å². The summed E-state index contributed by atoms with van der Waals surface area (Å²) >= 11 is 0. The van der Waals surface area contributed by atoms with Gasteiger partial charge in [-0.1, -0.05) is 18.2 Å². The van der Waals surface area contributed by atoms with Gasteiger partial charge in [0.15, 0.2) is 0 Å². The lowest BCUT2D eigenvalue weighted by Gasteiger charge is -2.34. The minimum Gasteiger partial charge on any atom is -0.379 e. The highest BCUT2D eigenvalue weighted by atomic mass is 19.1. The highest BCUT2D eigenvalue weighted by Crippen LogP contribution is 2.20. The van der Waals surface area contributed by atoms with Gasteiger partial charge in [-0.2, -0.15) is 0 Å². The Morgan fingerprint density at radius 1 is 1.11 bits per heavy atom. The van der Waals surface area contributed by atoms with E-state index in [0.29, 0.717) is 18.8 Å². The Balaban J connectivity index is 1.55. The standard InChI is InChI=1S/C20H23FN4O3/c21-17-5-3-15(4-6-17)12-23-19(26)20(27)24-14-18(16-2-1-7-22-13-16)25-8-10-28-11-9-25/h1-7,13,18H,8-12,14H2,(H,23,26)(H,24,27)/t18-/m1/s1. The third-order valence-corrected chi connectivity index (χ3v) is 4.58. The predicted molar refractivity (Wildman–Crippen MR) is 101 cm³/mol. The van der Waals surface area contributed by atoms with Crippen molar-refractivity contribution < 1.29 is 18.7 Å². The molecule has 1 saturated heterocycles. The number of hydrogen-bond donors (Lipinski definition) is 2. The first kappa shape index (κ1) is 19.9. The second-order valence-electron chi connectivity index (χ2n) is 6.47. The van der Waals surface area contributed by atoms with Crippen LogP contribution in [0.3, 0.4) is 0 Å². The molecular weight excluding hydrogens is 363 g/mol. The Hall–Kier alpha value is -2.84. The largest absolute Gasteiger partial charge is 0.379 e.